The van der Waals surface area contributed by atoms with E-state index in [-0.39, 0.29) is 17.9 Å². The first kappa shape index (κ1) is 23.8. The van der Waals surface area contributed by atoms with Gasteiger partial charge in [0.05, 0.1) is 31.9 Å². The zero-order chi connectivity index (χ0) is 24.2. The Bertz CT molecular complexity index is 1020. The molecular formula is C28H38N4O3. The fraction of sp³-hybridized carbons (Fsp3) is 0.536. The van der Waals surface area contributed by atoms with Gasteiger partial charge in [0.1, 0.15) is 11.5 Å². The molecule has 188 valence electrons. The second-order valence-electron chi connectivity index (χ2n) is 9.88. The van der Waals surface area contributed by atoms with E-state index in [9.17, 15) is 4.79 Å². The van der Waals surface area contributed by atoms with Crippen LogP contribution in [0.25, 0.3) is 0 Å². The van der Waals surface area contributed by atoms with Crippen LogP contribution in [0.2, 0.25) is 0 Å². The lowest BCUT2D eigenvalue weighted by atomic mass is 9.83. The van der Waals surface area contributed by atoms with Gasteiger partial charge in [0.25, 0.3) is 0 Å². The monoisotopic (exact) mass is 478 g/mol. The molecule has 0 spiro atoms. The highest BCUT2D eigenvalue weighted by Gasteiger charge is 2.42. The molecule has 0 aromatic heterocycles. The predicted molar refractivity (Wildman–Crippen MR) is 140 cm³/mol. The number of para-hydroxylation sites is 2. The molecule has 7 nitrogen and oxygen atoms in total. The Morgan fingerprint density at radius 2 is 1.80 bits per heavy atom. The number of benzene rings is 2. The fourth-order valence-electron chi connectivity index (χ4n) is 5.97. The van der Waals surface area contributed by atoms with E-state index in [1.54, 1.807) is 14.2 Å². The molecule has 2 fully saturated rings. The van der Waals surface area contributed by atoms with Crippen molar-refractivity contribution in [3.8, 4) is 11.5 Å². The zero-order valence-electron chi connectivity index (χ0n) is 21.0. The molecule has 3 aliphatic rings. The van der Waals surface area contributed by atoms with Crippen molar-refractivity contribution in [2.45, 2.75) is 31.7 Å². The summed E-state index contributed by atoms with van der Waals surface area (Å²) in [5.41, 5.74) is 3.52. The second-order valence-corrected chi connectivity index (χ2v) is 9.88. The van der Waals surface area contributed by atoms with E-state index in [4.69, 9.17) is 9.47 Å². The summed E-state index contributed by atoms with van der Waals surface area (Å²) in [5, 5.41) is 3.29. The van der Waals surface area contributed by atoms with Gasteiger partial charge in [-0.2, -0.15) is 0 Å². The number of piperazine rings is 1. The van der Waals surface area contributed by atoms with Crippen LogP contribution in [0.5, 0.6) is 11.5 Å². The van der Waals surface area contributed by atoms with Crippen molar-refractivity contribution in [1.29, 1.82) is 0 Å². The number of methoxy groups -OCH3 is 2. The summed E-state index contributed by atoms with van der Waals surface area (Å²) in [5.74, 6) is 1.80. The third-order valence-corrected chi connectivity index (χ3v) is 7.86. The molecule has 5 rings (SSSR count). The second kappa shape index (κ2) is 10.8. The number of piperidine rings is 1. The Morgan fingerprint density at radius 3 is 2.60 bits per heavy atom. The molecule has 0 radical (unpaired) electrons. The van der Waals surface area contributed by atoms with Gasteiger partial charge in [0.15, 0.2) is 0 Å². The van der Waals surface area contributed by atoms with Crippen molar-refractivity contribution in [1.82, 2.24) is 10.2 Å². The summed E-state index contributed by atoms with van der Waals surface area (Å²) in [6.07, 6.45) is 4.62. The molecular weight excluding hydrogens is 440 g/mol. The Kier molecular flexibility index (Phi) is 7.32. The minimum Gasteiger partial charge on any atom is -0.497 e. The topological polar surface area (TPSA) is 57.3 Å². The van der Waals surface area contributed by atoms with Crippen LogP contribution in [0.3, 0.4) is 0 Å². The summed E-state index contributed by atoms with van der Waals surface area (Å²) < 4.78 is 11.2. The first-order chi connectivity index (χ1) is 17.2. The van der Waals surface area contributed by atoms with E-state index < -0.39 is 0 Å². The van der Waals surface area contributed by atoms with Crippen LogP contribution in [0, 0.1) is 5.92 Å². The maximum absolute atomic E-state index is 13.6. The predicted octanol–water partition coefficient (Wildman–Crippen LogP) is 3.17. The van der Waals surface area contributed by atoms with Gasteiger partial charge in [0, 0.05) is 44.5 Å². The van der Waals surface area contributed by atoms with Gasteiger partial charge in [-0.1, -0.05) is 24.6 Å². The van der Waals surface area contributed by atoms with Gasteiger partial charge < -0.3 is 29.5 Å². The minimum absolute atomic E-state index is 0.0863. The number of rotatable bonds is 7. The molecule has 1 amide bonds. The third-order valence-electron chi connectivity index (χ3n) is 7.86. The van der Waals surface area contributed by atoms with E-state index in [1.165, 1.54) is 30.5 Å². The van der Waals surface area contributed by atoms with Crippen LogP contribution in [-0.2, 0) is 11.2 Å². The molecule has 7 heteroatoms. The quantitative estimate of drug-likeness (QED) is 0.660. The van der Waals surface area contributed by atoms with Crippen molar-refractivity contribution in [3.63, 3.8) is 0 Å². The van der Waals surface area contributed by atoms with E-state index >= 15 is 0 Å². The number of fused-ring (bicyclic) bond motifs is 3. The lowest BCUT2D eigenvalue weighted by molar-refractivity contribution is -0.125. The normalized spacial score (nSPS) is 22.2. The van der Waals surface area contributed by atoms with Crippen LogP contribution in [0.4, 0.5) is 11.4 Å². The highest BCUT2D eigenvalue weighted by Crippen LogP contribution is 2.40. The molecule has 0 aliphatic carbocycles. The Labute approximate surface area is 209 Å². The van der Waals surface area contributed by atoms with Gasteiger partial charge in [-0.3, -0.25) is 4.79 Å². The van der Waals surface area contributed by atoms with Crippen LogP contribution in [-0.4, -0.2) is 76.9 Å². The fourth-order valence-corrected chi connectivity index (χ4v) is 5.97. The van der Waals surface area contributed by atoms with Gasteiger partial charge in [-0.15, -0.1) is 0 Å². The Morgan fingerprint density at radius 1 is 0.971 bits per heavy atom. The van der Waals surface area contributed by atoms with E-state index in [1.807, 2.05) is 18.2 Å². The maximum Gasteiger partial charge on any atom is 0.225 e. The molecule has 1 N–H and O–H groups in total. The largest absolute Gasteiger partial charge is 0.497 e. The van der Waals surface area contributed by atoms with Crippen LogP contribution >= 0.6 is 0 Å². The molecule has 2 aromatic rings. The first-order valence-electron chi connectivity index (χ1n) is 13.0. The average molecular weight is 479 g/mol. The van der Waals surface area contributed by atoms with Crippen LogP contribution < -0.4 is 24.6 Å². The Balaban J connectivity index is 1.36. The number of carbonyl (C=O) groups is 1. The van der Waals surface area contributed by atoms with Crippen LogP contribution in [0.1, 0.15) is 24.8 Å². The van der Waals surface area contributed by atoms with Crippen molar-refractivity contribution in [2.75, 3.05) is 69.8 Å². The van der Waals surface area contributed by atoms with E-state index in [0.717, 1.165) is 62.9 Å². The summed E-state index contributed by atoms with van der Waals surface area (Å²) in [6, 6.07) is 14.5. The summed E-state index contributed by atoms with van der Waals surface area (Å²) in [7, 11) is 3.43. The molecule has 35 heavy (non-hydrogen) atoms. The molecule has 3 aliphatic heterocycles. The number of anilines is 2. The number of nitrogens with one attached hydrogen (secondary N) is 1. The van der Waals surface area contributed by atoms with Crippen molar-refractivity contribution < 1.29 is 14.3 Å². The third kappa shape index (κ3) is 5.06. The number of hydrogen-bond acceptors (Lipinski definition) is 6. The number of likely N-dealkylation sites (tertiary alicyclic amines) is 1. The van der Waals surface area contributed by atoms with Crippen molar-refractivity contribution in [2.24, 2.45) is 5.92 Å². The minimum atomic E-state index is -0.102. The molecule has 2 aromatic carbocycles. The number of amides is 1. The lowest BCUT2D eigenvalue weighted by Crippen LogP contribution is -2.61. The highest BCUT2D eigenvalue weighted by molar-refractivity contribution is 5.82. The van der Waals surface area contributed by atoms with E-state index in [2.05, 4.69) is 44.3 Å². The number of ether oxygens (including phenoxy) is 2. The molecule has 0 bridgehead atoms. The molecule has 2 unspecified atom stereocenters. The number of hydrogen-bond donors (Lipinski definition) is 1. The maximum atomic E-state index is 13.6. The Hall–Kier alpha value is -2.93. The van der Waals surface area contributed by atoms with Gasteiger partial charge in [-0.25, -0.2) is 0 Å². The average Bonchev–Trinajstić information content (AvgIpc) is 2.92. The summed E-state index contributed by atoms with van der Waals surface area (Å²) in [4.78, 5) is 20.9. The standard InChI is InChI=1S/C28H38N4O3/c1-34-22-11-10-21-18-23(28(33)29-12-15-30-13-6-3-7-14-30)26-20-31(16-17-32(26)25(21)19-22)24-8-4-5-9-27(24)35-2/h4-5,8-11,19,23,26H,3,6-7,12-18,20H2,1-2H3,(H,29,33). The van der Waals surface area contributed by atoms with E-state index in [0.29, 0.717) is 6.54 Å². The zero-order valence-corrected chi connectivity index (χ0v) is 21.0. The van der Waals surface area contributed by atoms with Crippen molar-refractivity contribution in [3.05, 3.63) is 48.0 Å². The van der Waals surface area contributed by atoms with Gasteiger partial charge in [-0.05, 0) is 56.1 Å². The smallest absolute Gasteiger partial charge is 0.225 e. The van der Waals surface area contributed by atoms with Crippen molar-refractivity contribution >= 4 is 17.3 Å². The summed E-state index contributed by atoms with van der Waals surface area (Å²) in [6.45, 7) is 6.46. The lowest BCUT2D eigenvalue weighted by Gasteiger charge is -2.49. The van der Waals surface area contributed by atoms with Gasteiger partial charge >= 0.3 is 0 Å². The van der Waals surface area contributed by atoms with Crippen LogP contribution in [0.15, 0.2) is 42.5 Å². The highest BCUT2D eigenvalue weighted by atomic mass is 16.5. The molecule has 3 heterocycles. The molecule has 2 saturated heterocycles. The number of nitrogens with zero attached hydrogens (tertiary/aromatic N) is 3. The SMILES string of the molecule is COc1ccc2c(c1)N1CCN(c3ccccc3OC)CC1C(C(=O)NCCN1CCCCC1)C2. The first-order valence-corrected chi connectivity index (χ1v) is 13.0. The summed E-state index contributed by atoms with van der Waals surface area (Å²) >= 11 is 0. The van der Waals surface area contributed by atoms with Gasteiger partial charge in [0.2, 0.25) is 5.91 Å². The molecule has 2 atom stereocenters. The number of carbonyl (C=O) groups excluding carboxylic acids is 1. The molecule has 0 saturated carbocycles.